The van der Waals surface area contributed by atoms with E-state index in [1.54, 1.807) is 0 Å². The van der Waals surface area contributed by atoms with Gasteiger partial charge in [0, 0.05) is 0 Å². The standard InChI is InChI=1S/C24H27.C21H23.2CH3.2ClH.Si.Zr/c1-17(2)22-15-21-9-6-10-23(24(21)16-22)20-13-11-19(12-14-20)18-7-4-3-5-8-18;1-14-12-19-15(2)6-11-18(20(19)13-14)16-7-9-17(10-8-16)21(3,4)5;;;;;;/h6,9-18H,3-5,7-8H2,1-2H3;6-13H,1-5H3;2*1H3;2*1H;;/q4*-1;;;;. The van der Waals surface area contributed by atoms with Crippen LogP contribution < -0.4 is 0 Å². The first-order valence-electron chi connectivity index (χ1n) is 17.4. The average molecular weight is 813 g/mol. The van der Waals surface area contributed by atoms with E-state index >= 15 is 0 Å². The summed E-state index contributed by atoms with van der Waals surface area (Å²) in [6.07, 6.45) is 6.96. The molecule has 0 bridgehead atoms. The molecule has 1 aliphatic carbocycles. The Morgan fingerprint density at radius 2 is 1.25 bits per heavy atom. The Balaban J connectivity index is 0.000000456. The van der Waals surface area contributed by atoms with Gasteiger partial charge in [-0.05, 0) is 52.3 Å². The van der Waals surface area contributed by atoms with Crippen LogP contribution in [0.15, 0.2) is 103 Å². The van der Waals surface area contributed by atoms with Crippen molar-refractivity contribution >= 4 is 53.2 Å². The van der Waals surface area contributed by atoms with Crippen LogP contribution in [0.4, 0.5) is 0 Å². The second-order valence-electron chi connectivity index (χ2n) is 14.8. The molecular weight excluding hydrogens is 755 g/mol. The first-order chi connectivity index (χ1) is 22.6. The zero-order valence-corrected chi connectivity index (χ0v) is 37.4. The zero-order chi connectivity index (χ0) is 33.7. The Morgan fingerprint density at radius 1 is 0.686 bits per heavy atom. The molecule has 7 rings (SSSR count). The van der Waals surface area contributed by atoms with Crippen LogP contribution in [0.3, 0.4) is 0 Å². The van der Waals surface area contributed by atoms with Crippen molar-refractivity contribution < 1.29 is 23.3 Å². The van der Waals surface area contributed by atoms with Crippen molar-refractivity contribution in [3.63, 3.8) is 0 Å². The van der Waals surface area contributed by atoms with E-state index in [4.69, 9.17) is 0 Å². The van der Waals surface area contributed by atoms with Crippen molar-refractivity contribution in [2.75, 3.05) is 0 Å². The van der Waals surface area contributed by atoms with E-state index < -0.39 is 0 Å². The van der Waals surface area contributed by atoms with Crippen molar-refractivity contribution in [1.29, 1.82) is 0 Å². The fourth-order valence-corrected chi connectivity index (χ4v) is 7.20. The number of fused-ring (bicyclic) bond motifs is 2. The third-order valence-electron chi connectivity index (χ3n) is 10.0. The first-order valence-corrected chi connectivity index (χ1v) is 21.6. The maximum atomic E-state index is 3.06. The van der Waals surface area contributed by atoms with Crippen LogP contribution in [-0.4, -0.2) is 6.88 Å². The predicted molar refractivity (Wildman–Crippen MR) is 231 cm³/mol. The number of halogens is 2. The van der Waals surface area contributed by atoms with Crippen LogP contribution >= 0.6 is 24.8 Å². The molecular formula is C47H58Cl2SiZr-4. The molecule has 0 nitrogen and oxygen atoms in total. The van der Waals surface area contributed by atoms with E-state index in [1.165, 1.54) is 127 Å². The van der Waals surface area contributed by atoms with Gasteiger partial charge in [0.25, 0.3) is 0 Å². The normalized spacial score (nSPS) is 12.6. The van der Waals surface area contributed by atoms with Crippen LogP contribution in [0.2, 0.25) is 0 Å². The van der Waals surface area contributed by atoms with E-state index in [-0.39, 0.29) is 45.1 Å². The van der Waals surface area contributed by atoms with Crippen molar-refractivity contribution in [3.8, 4) is 22.3 Å². The molecule has 0 saturated heterocycles. The van der Waals surface area contributed by atoms with Crippen LogP contribution in [0.5, 0.6) is 0 Å². The molecule has 6 aromatic carbocycles. The number of hydrogen-bond donors (Lipinski definition) is 0. The summed E-state index contributed by atoms with van der Waals surface area (Å²) in [5.41, 5.74) is 12.6. The monoisotopic (exact) mass is 810 g/mol. The number of aryl methyl sites for hydroxylation is 2. The van der Waals surface area contributed by atoms with E-state index in [0.717, 1.165) is 5.92 Å². The fraction of sp³-hybridized carbons (Fsp3) is 0.319. The van der Waals surface area contributed by atoms with Crippen LogP contribution in [0, 0.1) is 28.7 Å². The maximum absolute atomic E-state index is 3.06. The summed E-state index contributed by atoms with van der Waals surface area (Å²) >= 11 is 1.36. The Labute approximate surface area is 340 Å². The molecule has 2 radical (unpaired) electrons. The van der Waals surface area contributed by atoms with Gasteiger partial charge >= 0.3 is 30.2 Å². The van der Waals surface area contributed by atoms with Crippen molar-refractivity contribution in [3.05, 3.63) is 146 Å². The summed E-state index contributed by atoms with van der Waals surface area (Å²) in [7, 11) is 0. The van der Waals surface area contributed by atoms with E-state index in [9.17, 15) is 0 Å². The summed E-state index contributed by atoms with van der Waals surface area (Å²) in [5.74, 6) is 1.37. The summed E-state index contributed by atoms with van der Waals surface area (Å²) in [4.78, 5) is 0. The quantitative estimate of drug-likeness (QED) is 0.123. The Hall–Kier alpha value is -2.22. The third-order valence-corrected chi connectivity index (χ3v) is 10.0. The van der Waals surface area contributed by atoms with Gasteiger partial charge in [-0.15, -0.1) is 93.4 Å². The SMILES string of the molecule is CC(C)c1cc2c(-c3ccc(C4CCCCC4)cc3)cccc2[cH-]1.Cc1cc2c(-c3ccc(C(C)(C)C)cc3)ccc(C)c2[cH-]1.Cl.Cl.[CH3-].[CH3-].[Si]=[Zr]. The Bertz CT molecular complexity index is 1910. The zero-order valence-electron chi connectivity index (χ0n) is 32.3. The molecule has 1 fully saturated rings. The molecule has 0 atom stereocenters. The molecule has 1 aliphatic rings. The van der Waals surface area contributed by atoms with Crippen molar-refractivity contribution in [1.82, 2.24) is 0 Å². The molecule has 4 heteroatoms. The first kappa shape index (κ1) is 46.8. The minimum absolute atomic E-state index is 0. The topological polar surface area (TPSA) is 0 Å². The molecule has 0 spiro atoms. The number of benzene rings is 4. The second kappa shape index (κ2) is 20.9. The van der Waals surface area contributed by atoms with E-state index in [1.807, 2.05) is 0 Å². The Kier molecular flexibility index (Phi) is 19.2. The predicted octanol–water partition coefficient (Wildman–Crippen LogP) is 14.9. The Morgan fingerprint density at radius 3 is 1.82 bits per heavy atom. The van der Waals surface area contributed by atoms with Crippen LogP contribution in [0.1, 0.15) is 106 Å². The summed E-state index contributed by atoms with van der Waals surface area (Å²) in [6, 6.07) is 38.9. The molecule has 0 aliphatic heterocycles. The van der Waals surface area contributed by atoms with Crippen LogP contribution in [-0.2, 0) is 28.8 Å². The van der Waals surface area contributed by atoms with Gasteiger partial charge in [0.05, 0.1) is 0 Å². The molecule has 0 unspecified atom stereocenters. The van der Waals surface area contributed by atoms with Gasteiger partial charge in [0.2, 0.25) is 0 Å². The molecule has 272 valence electrons. The van der Waals surface area contributed by atoms with Gasteiger partial charge in [0.15, 0.2) is 0 Å². The van der Waals surface area contributed by atoms with Gasteiger partial charge < -0.3 is 14.9 Å². The van der Waals surface area contributed by atoms with Crippen molar-refractivity contribution in [2.45, 2.75) is 97.8 Å². The van der Waals surface area contributed by atoms with Gasteiger partial charge in [0.1, 0.15) is 0 Å². The van der Waals surface area contributed by atoms with Gasteiger partial charge in [-0.1, -0.05) is 140 Å². The minimum atomic E-state index is 0. The third kappa shape index (κ3) is 11.1. The van der Waals surface area contributed by atoms with E-state index in [0.29, 0.717) is 5.92 Å². The molecule has 51 heavy (non-hydrogen) atoms. The molecule has 0 heterocycles. The fourth-order valence-electron chi connectivity index (χ4n) is 7.20. The summed E-state index contributed by atoms with van der Waals surface area (Å²) in [6.45, 7) is 18.7. The number of hydrogen-bond acceptors (Lipinski definition) is 0. The van der Waals surface area contributed by atoms with E-state index in [2.05, 4.69) is 158 Å². The van der Waals surface area contributed by atoms with Gasteiger partial charge in [-0.2, -0.15) is 12.1 Å². The average Bonchev–Trinajstić information content (AvgIpc) is 3.71. The summed E-state index contributed by atoms with van der Waals surface area (Å²) < 4.78 is 0. The summed E-state index contributed by atoms with van der Waals surface area (Å²) in [5, 5.41) is 5.51. The van der Waals surface area contributed by atoms with Gasteiger partial charge in [-0.25, -0.2) is 0 Å². The van der Waals surface area contributed by atoms with Crippen molar-refractivity contribution in [2.24, 2.45) is 0 Å². The van der Waals surface area contributed by atoms with Crippen LogP contribution in [0.25, 0.3) is 43.8 Å². The molecule has 6 aromatic rings. The molecule has 0 amide bonds. The molecule has 0 aromatic heterocycles. The number of rotatable bonds is 4. The molecule has 0 N–H and O–H groups in total. The molecule has 1 saturated carbocycles. The second-order valence-corrected chi connectivity index (χ2v) is 14.8. The van der Waals surface area contributed by atoms with Gasteiger partial charge in [-0.3, -0.25) is 0 Å².